The molecule has 0 saturated carbocycles. The zero-order chi connectivity index (χ0) is 17.3. The van der Waals surface area contributed by atoms with Gasteiger partial charge in [-0.05, 0) is 42.8 Å². The number of nitrogens with one attached hydrogen (secondary N) is 1. The largest absolute Gasteiger partial charge is 0.497 e. The van der Waals surface area contributed by atoms with Gasteiger partial charge in [-0.15, -0.1) is 0 Å². The Morgan fingerprint density at radius 1 is 1.29 bits per heavy atom. The summed E-state index contributed by atoms with van der Waals surface area (Å²) in [4.78, 5) is 26.8. The van der Waals surface area contributed by atoms with Crippen LogP contribution in [0.5, 0.6) is 5.75 Å². The van der Waals surface area contributed by atoms with Crippen molar-refractivity contribution in [2.45, 2.75) is 19.4 Å². The Hall–Kier alpha value is -2.89. The molecular formula is C18H17FN2O3. The molecule has 1 N–H and O–H groups in total. The zero-order valence-corrected chi connectivity index (χ0v) is 13.4. The second-order valence-electron chi connectivity index (χ2n) is 5.48. The van der Waals surface area contributed by atoms with Gasteiger partial charge in [0, 0.05) is 5.56 Å². The van der Waals surface area contributed by atoms with Gasteiger partial charge in [0.25, 0.3) is 5.91 Å². The molecule has 6 heteroatoms. The van der Waals surface area contributed by atoms with Crippen molar-refractivity contribution < 1.29 is 18.7 Å². The molecule has 0 radical (unpaired) electrons. The number of benzene rings is 2. The summed E-state index contributed by atoms with van der Waals surface area (Å²) in [6.07, 6.45) is 0.443. The van der Waals surface area contributed by atoms with Gasteiger partial charge in [0.1, 0.15) is 17.6 Å². The van der Waals surface area contributed by atoms with E-state index in [-0.39, 0.29) is 11.8 Å². The van der Waals surface area contributed by atoms with Crippen molar-refractivity contribution in [2.24, 2.45) is 0 Å². The molecule has 0 spiro atoms. The van der Waals surface area contributed by atoms with E-state index < -0.39 is 11.9 Å². The average molecular weight is 328 g/mol. The van der Waals surface area contributed by atoms with Crippen LogP contribution in [0, 0.1) is 5.82 Å². The predicted molar refractivity (Wildman–Crippen MR) is 88.9 cm³/mol. The first-order chi connectivity index (χ1) is 11.5. The number of fused-ring (bicyclic) bond motifs is 1. The molecule has 1 heterocycles. The molecule has 124 valence electrons. The molecule has 0 fully saturated rings. The molecule has 1 aliphatic heterocycles. The summed E-state index contributed by atoms with van der Waals surface area (Å²) < 4.78 is 18.6. The predicted octanol–water partition coefficient (Wildman–Crippen LogP) is 3.21. The first-order valence-electron chi connectivity index (χ1n) is 7.63. The number of carbonyl (C=O) groups is 2. The van der Waals surface area contributed by atoms with Crippen molar-refractivity contribution in [3.05, 3.63) is 53.8 Å². The Labute approximate surface area is 139 Å². The van der Waals surface area contributed by atoms with Crippen LogP contribution in [0.3, 0.4) is 0 Å². The van der Waals surface area contributed by atoms with Crippen LogP contribution in [0.4, 0.5) is 15.8 Å². The lowest BCUT2D eigenvalue weighted by atomic mass is 10.0. The van der Waals surface area contributed by atoms with Gasteiger partial charge in [0.05, 0.1) is 18.5 Å². The molecular weight excluding hydrogens is 311 g/mol. The number of hydrogen-bond acceptors (Lipinski definition) is 3. The number of ether oxygens (including phenoxy) is 1. The van der Waals surface area contributed by atoms with E-state index in [1.54, 1.807) is 24.3 Å². The van der Waals surface area contributed by atoms with E-state index in [2.05, 4.69) is 5.32 Å². The van der Waals surface area contributed by atoms with Crippen LogP contribution in [0.15, 0.2) is 42.5 Å². The maximum Gasteiger partial charge on any atom is 0.259 e. The zero-order valence-electron chi connectivity index (χ0n) is 13.4. The van der Waals surface area contributed by atoms with E-state index in [4.69, 9.17) is 4.74 Å². The Bertz CT molecular complexity index is 807. The molecule has 0 bridgehead atoms. The number of hydrogen-bond donors (Lipinski definition) is 1. The number of anilines is 2. The van der Waals surface area contributed by atoms with Crippen molar-refractivity contribution >= 4 is 23.2 Å². The molecule has 0 aliphatic carbocycles. The minimum Gasteiger partial charge on any atom is -0.497 e. The fourth-order valence-corrected chi connectivity index (χ4v) is 2.83. The van der Waals surface area contributed by atoms with Crippen LogP contribution < -0.4 is 15.0 Å². The van der Waals surface area contributed by atoms with Crippen molar-refractivity contribution in [2.75, 3.05) is 17.3 Å². The molecule has 24 heavy (non-hydrogen) atoms. The number of halogens is 1. The van der Waals surface area contributed by atoms with Gasteiger partial charge < -0.3 is 10.1 Å². The van der Waals surface area contributed by atoms with Gasteiger partial charge in [-0.2, -0.15) is 0 Å². The van der Waals surface area contributed by atoms with Crippen molar-refractivity contribution in [1.82, 2.24) is 0 Å². The van der Waals surface area contributed by atoms with Gasteiger partial charge in [0.2, 0.25) is 5.91 Å². The second-order valence-corrected chi connectivity index (χ2v) is 5.48. The number of rotatable bonds is 3. The Balaban J connectivity index is 2.09. The monoisotopic (exact) mass is 328 g/mol. The minimum atomic E-state index is -0.651. The van der Waals surface area contributed by atoms with Gasteiger partial charge in [-0.1, -0.05) is 13.0 Å². The summed E-state index contributed by atoms with van der Waals surface area (Å²) in [5.74, 6) is -0.581. The molecule has 2 aromatic carbocycles. The van der Waals surface area contributed by atoms with Crippen LogP contribution in [0.1, 0.15) is 23.7 Å². The van der Waals surface area contributed by atoms with E-state index in [0.717, 1.165) is 0 Å². The lowest BCUT2D eigenvalue weighted by Crippen LogP contribution is -2.50. The Morgan fingerprint density at radius 2 is 2.08 bits per heavy atom. The van der Waals surface area contributed by atoms with Crippen LogP contribution in [-0.2, 0) is 4.79 Å². The molecule has 2 aromatic rings. The summed E-state index contributed by atoms with van der Waals surface area (Å²) in [6, 6.07) is 10.1. The highest BCUT2D eigenvalue weighted by molar-refractivity contribution is 6.16. The SMILES string of the molecule is CC[C@@H]1C(=O)Nc2cc(F)ccc2N1C(=O)c1cccc(OC)c1. The van der Waals surface area contributed by atoms with Gasteiger partial charge in [-0.3, -0.25) is 14.5 Å². The molecule has 2 amide bonds. The van der Waals surface area contributed by atoms with E-state index in [1.807, 2.05) is 6.92 Å². The molecule has 1 atom stereocenters. The van der Waals surface area contributed by atoms with E-state index in [0.29, 0.717) is 29.1 Å². The van der Waals surface area contributed by atoms with Crippen LogP contribution >= 0.6 is 0 Å². The molecule has 0 saturated heterocycles. The van der Waals surface area contributed by atoms with E-state index in [1.165, 1.54) is 30.2 Å². The third kappa shape index (κ3) is 2.71. The van der Waals surface area contributed by atoms with Crippen LogP contribution in [0.2, 0.25) is 0 Å². The summed E-state index contributed by atoms with van der Waals surface area (Å²) >= 11 is 0. The Morgan fingerprint density at radius 3 is 2.79 bits per heavy atom. The minimum absolute atomic E-state index is 0.293. The molecule has 0 unspecified atom stereocenters. The third-order valence-corrected chi connectivity index (χ3v) is 4.01. The maximum absolute atomic E-state index is 13.5. The normalized spacial score (nSPS) is 16.4. The lowest BCUT2D eigenvalue weighted by Gasteiger charge is -2.36. The highest BCUT2D eigenvalue weighted by Crippen LogP contribution is 2.35. The average Bonchev–Trinajstić information content (AvgIpc) is 2.59. The summed E-state index contributed by atoms with van der Waals surface area (Å²) in [5, 5.41) is 2.66. The van der Waals surface area contributed by atoms with E-state index in [9.17, 15) is 14.0 Å². The fourth-order valence-electron chi connectivity index (χ4n) is 2.83. The number of amides is 2. The number of nitrogens with zero attached hydrogens (tertiary/aromatic N) is 1. The lowest BCUT2D eigenvalue weighted by molar-refractivity contribution is -0.117. The van der Waals surface area contributed by atoms with Crippen molar-refractivity contribution in [1.29, 1.82) is 0 Å². The van der Waals surface area contributed by atoms with Crippen LogP contribution in [0.25, 0.3) is 0 Å². The van der Waals surface area contributed by atoms with Crippen molar-refractivity contribution in [3.8, 4) is 5.75 Å². The topological polar surface area (TPSA) is 58.6 Å². The highest BCUT2D eigenvalue weighted by Gasteiger charge is 2.36. The molecule has 3 rings (SSSR count). The van der Waals surface area contributed by atoms with Gasteiger partial charge >= 0.3 is 0 Å². The first-order valence-corrected chi connectivity index (χ1v) is 7.63. The fraction of sp³-hybridized carbons (Fsp3) is 0.222. The van der Waals surface area contributed by atoms with Gasteiger partial charge in [0.15, 0.2) is 0 Å². The number of methoxy groups -OCH3 is 1. The Kier molecular flexibility index (Phi) is 4.20. The molecule has 5 nitrogen and oxygen atoms in total. The summed E-state index contributed by atoms with van der Waals surface area (Å²) in [6.45, 7) is 1.82. The molecule has 1 aliphatic rings. The molecule has 0 aromatic heterocycles. The number of carbonyl (C=O) groups excluding carboxylic acids is 2. The van der Waals surface area contributed by atoms with Gasteiger partial charge in [-0.25, -0.2) is 4.39 Å². The standard InChI is InChI=1S/C18H17FN2O3/c1-3-15-17(22)20-14-10-12(19)7-8-16(14)21(15)18(23)11-5-4-6-13(9-11)24-2/h4-10,15H,3H2,1-2H3,(H,20,22)/t15-/m1/s1. The highest BCUT2D eigenvalue weighted by atomic mass is 19.1. The summed E-state index contributed by atoms with van der Waals surface area (Å²) in [7, 11) is 1.52. The summed E-state index contributed by atoms with van der Waals surface area (Å²) in [5.41, 5.74) is 1.18. The first kappa shape index (κ1) is 16.0. The van der Waals surface area contributed by atoms with E-state index >= 15 is 0 Å². The quantitative estimate of drug-likeness (QED) is 0.941. The third-order valence-electron chi connectivity index (χ3n) is 4.01. The second kappa shape index (κ2) is 6.31. The smallest absolute Gasteiger partial charge is 0.259 e. The van der Waals surface area contributed by atoms with Crippen LogP contribution in [-0.4, -0.2) is 25.0 Å². The van der Waals surface area contributed by atoms with Crippen molar-refractivity contribution in [3.63, 3.8) is 0 Å². The maximum atomic E-state index is 13.5.